The van der Waals surface area contributed by atoms with Gasteiger partial charge < -0.3 is 14.5 Å². The number of carbonyl (C=O) groups excluding carboxylic acids is 1. The van der Waals surface area contributed by atoms with E-state index in [1.165, 1.54) is 19.3 Å². The fraction of sp³-hybridized carbons (Fsp3) is 0.500. The van der Waals surface area contributed by atoms with E-state index in [1.54, 1.807) is 0 Å². The van der Waals surface area contributed by atoms with E-state index in [1.807, 2.05) is 45.0 Å². The molecule has 2 heterocycles. The number of nitrogens with one attached hydrogen (secondary N) is 1. The van der Waals surface area contributed by atoms with E-state index in [2.05, 4.69) is 10.2 Å². The van der Waals surface area contributed by atoms with Gasteiger partial charge in [-0.3, -0.25) is 9.69 Å². The van der Waals surface area contributed by atoms with Crippen molar-refractivity contribution in [1.29, 1.82) is 0 Å². The van der Waals surface area contributed by atoms with Crippen LogP contribution in [-0.2, 0) is 4.79 Å². The van der Waals surface area contributed by atoms with Crippen LogP contribution in [0, 0.1) is 20.8 Å². The number of hydrogen-bond acceptors (Lipinski definition) is 4. The average molecular weight is 441 g/mol. The molecular formula is C22H30Cl2N2O3. The molecule has 1 saturated heterocycles. The zero-order valence-electron chi connectivity index (χ0n) is 17.3. The maximum absolute atomic E-state index is 12.4. The van der Waals surface area contributed by atoms with Crippen molar-refractivity contribution in [2.24, 2.45) is 0 Å². The van der Waals surface area contributed by atoms with Crippen LogP contribution in [0.25, 0.3) is 0 Å². The molecule has 1 aromatic heterocycles. The minimum Gasteiger partial charge on any atom is -0.484 e. The lowest BCUT2D eigenvalue weighted by Crippen LogP contribution is -2.41. The van der Waals surface area contributed by atoms with Gasteiger partial charge in [-0.1, -0.05) is 18.0 Å². The summed E-state index contributed by atoms with van der Waals surface area (Å²) in [4.78, 5) is 14.8. The van der Waals surface area contributed by atoms with Crippen molar-refractivity contribution >= 4 is 29.9 Å². The lowest BCUT2D eigenvalue weighted by Gasteiger charge is -2.33. The van der Waals surface area contributed by atoms with E-state index in [9.17, 15) is 4.79 Å². The van der Waals surface area contributed by atoms with E-state index >= 15 is 0 Å². The van der Waals surface area contributed by atoms with Crippen LogP contribution in [0.2, 0.25) is 5.02 Å². The van der Waals surface area contributed by atoms with Crippen molar-refractivity contribution in [2.75, 3.05) is 26.2 Å². The number of furan rings is 1. The topological polar surface area (TPSA) is 54.7 Å². The highest BCUT2D eigenvalue weighted by molar-refractivity contribution is 6.32. The van der Waals surface area contributed by atoms with Crippen LogP contribution < -0.4 is 10.1 Å². The number of halogens is 2. The second-order valence-corrected chi connectivity index (χ2v) is 7.90. The van der Waals surface area contributed by atoms with Gasteiger partial charge >= 0.3 is 0 Å². The molecule has 0 saturated carbocycles. The van der Waals surface area contributed by atoms with Crippen molar-refractivity contribution < 1.29 is 13.9 Å². The van der Waals surface area contributed by atoms with E-state index in [0.717, 1.165) is 40.8 Å². The molecule has 29 heavy (non-hydrogen) atoms. The average Bonchev–Trinajstić information content (AvgIpc) is 3.11. The summed E-state index contributed by atoms with van der Waals surface area (Å²) < 4.78 is 11.5. The first-order valence-electron chi connectivity index (χ1n) is 9.90. The molecule has 160 valence electrons. The summed E-state index contributed by atoms with van der Waals surface area (Å²) in [5.74, 6) is 2.31. The fourth-order valence-electron chi connectivity index (χ4n) is 3.67. The Kier molecular flexibility index (Phi) is 8.87. The quantitative estimate of drug-likeness (QED) is 0.657. The van der Waals surface area contributed by atoms with Gasteiger partial charge in [-0.05, 0) is 82.1 Å². The van der Waals surface area contributed by atoms with Gasteiger partial charge in [-0.25, -0.2) is 0 Å². The molecule has 1 unspecified atom stereocenters. The van der Waals surface area contributed by atoms with Gasteiger partial charge in [0.1, 0.15) is 17.3 Å². The van der Waals surface area contributed by atoms with Crippen LogP contribution in [0.3, 0.4) is 0 Å². The summed E-state index contributed by atoms with van der Waals surface area (Å²) >= 11 is 6.18. The molecule has 1 fully saturated rings. The molecule has 0 bridgehead atoms. The zero-order valence-corrected chi connectivity index (χ0v) is 18.9. The van der Waals surface area contributed by atoms with Crippen LogP contribution in [-0.4, -0.2) is 37.0 Å². The Hall–Kier alpha value is -1.69. The maximum Gasteiger partial charge on any atom is 0.258 e. The monoisotopic (exact) mass is 440 g/mol. The van der Waals surface area contributed by atoms with Gasteiger partial charge in [-0.2, -0.15) is 0 Å². The molecule has 1 aliphatic rings. The molecule has 5 nitrogen and oxygen atoms in total. The number of aryl methyl sites for hydroxylation is 3. The smallest absolute Gasteiger partial charge is 0.258 e. The third kappa shape index (κ3) is 6.39. The SMILES string of the molecule is Cc1ccc(C(CNC(=O)COc2cc(C)c(Cl)c(C)c2)N2CCCCC2)o1.Cl. The summed E-state index contributed by atoms with van der Waals surface area (Å²) in [6.07, 6.45) is 3.63. The summed E-state index contributed by atoms with van der Waals surface area (Å²) in [7, 11) is 0. The highest BCUT2D eigenvalue weighted by Crippen LogP contribution is 2.27. The number of piperidine rings is 1. The highest BCUT2D eigenvalue weighted by Gasteiger charge is 2.25. The van der Waals surface area contributed by atoms with Crippen molar-refractivity contribution in [3.05, 3.63) is 51.9 Å². The largest absolute Gasteiger partial charge is 0.484 e. The van der Waals surface area contributed by atoms with Crippen LogP contribution in [0.5, 0.6) is 5.75 Å². The van der Waals surface area contributed by atoms with Crippen molar-refractivity contribution in [2.45, 2.75) is 46.1 Å². The Bertz CT molecular complexity index is 793. The van der Waals surface area contributed by atoms with Gasteiger partial charge in [-0.15, -0.1) is 12.4 Å². The molecule has 0 radical (unpaired) electrons. The molecular weight excluding hydrogens is 411 g/mol. The third-order valence-electron chi connectivity index (χ3n) is 5.19. The number of nitrogens with zero attached hydrogens (tertiary/aromatic N) is 1. The minimum atomic E-state index is -0.143. The van der Waals surface area contributed by atoms with E-state index < -0.39 is 0 Å². The first-order chi connectivity index (χ1) is 13.4. The number of rotatable bonds is 7. The highest BCUT2D eigenvalue weighted by atomic mass is 35.5. The zero-order chi connectivity index (χ0) is 20.1. The Labute approximate surface area is 184 Å². The summed E-state index contributed by atoms with van der Waals surface area (Å²) in [5, 5.41) is 3.74. The maximum atomic E-state index is 12.4. The number of hydrogen-bond donors (Lipinski definition) is 1. The van der Waals surface area contributed by atoms with Crippen molar-refractivity contribution in [1.82, 2.24) is 10.2 Å². The molecule has 1 N–H and O–H groups in total. The number of likely N-dealkylation sites (tertiary alicyclic amines) is 1. The van der Waals surface area contributed by atoms with Gasteiger partial charge in [0.05, 0.1) is 6.04 Å². The van der Waals surface area contributed by atoms with E-state index in [-0.39, 0.29) is 31.0 Å². The summed E-state index contributed by atoms with van der Waals surface area (Å²) in [6, 6.07) is 7.74. The van der Waals surface area contributed by atoms with Crippen LogP contribution in [0.15, 0.2) is 28.7 Å². The normalized spacial score (nSPS) is 15.4. The first kappa shape index (κ1) is 23.6. The molecule has 1 aromatic carbocycles. The minimum absolute atomic E-state index is 0. The van der Waals surface area contributed by atoms with Crippen LogP contribution in [0.4, 0.5) is 0 Å². The predicted molar refractivity (Wildman–Crippen MR) is 118 cm³/mol. The lowest BCUT2D eigenvalue weighted by molar-refractivity contribution is -0.123. The van der Waals surface area contributed by atoms with Gasteiger partial charge in [0.25, 0.3) is 5.91 Å². The fourth-order valence-corrected chi connectivity index (χ4v) is 3.78. The molecule has 1 amide bonds. The molecule has 1 atom stereocenters. The molecule has 2 aromatic rings. The number of ether oxygens (including phenoxy) is 1. The van der Waals surface area contributed by atoms with E-state index in [4.69, 9.17) is 20.8 Å². The molecule has 7 heteroatoms. The van der Waals surface area contributed by atoms with Gasteiger partial charge in [0.2, 0.25) is 0 Å². The van der Waals surface area contributed by atoms with Crippen molar-refractivity contribution in [3.8, 4) is 5.75 Å². The van der Waals surface area contributed by atoms with Crippen LogP contribution in [0.1, 0.15) is 48.0 Å². The summed E-state index contributed by atoms with van der Waals surface area (Å²) in [6.45, 7) is 8.34. The third-order valence-corrected chi connectivity index (χ3v) is 5.79. The van der Waals surface area contributed by atoms with Crippen LogP contribution >= 0.6 is 24.0 Å². The second-order valence-electron chi connectivity index (χ2n) is 7.52. The predicted octanol–water partition coefficient (Wildman–Crippen LogP) is 5.00. The van der Waals surface area contributed by atoms with Gasteiger partial charge in [0.15, 0.2) is 6.61 Å². The molecule has 0 spiro atoms. The Balaban J connectivity index is 0.00000300. The van der Waals surface area contributed by atoms with Gasteiger partial charge in [0, 0.05) is 11.6 Å². The number of benzene rings is 1. The van der Waals surface area contributed by atoms with E-state index in [0.29, 0.717) is 12.3 Å². The summed E-state index contributed by atoms with van der Waals surface area (Å²) in [5.41, 5.74) is 1.88. The number of carbonyl (C=O) groups is 1. The lowest BCUT2D eigenvalue weighted by atomic mass is 10.1. The number of amides is 1. The second kappa shape index (κ2) is 10.9. The molecule has 0 aliphatic carbocycles. The molecule has 1 aliphatic heterocycles. The Morgan fingerprint density at radius 2 is 1.83 bits per heavy atom. The molecule has 3 rings (SSSR count). The Morgan fingerprint density at radius 1 is 1.17 bits per heavy atom. The first-order valence-corrected chi connectivity index (χ1v) is 10.3. The Morgan fingerprint density at radius 3 is 2.41 bits per heavy atom. The van der Waals surface area contributed by atoms with Crippen molar-refractivity contribution in [3.63, 3.8) is 0 Å². The standard InChI is InChI=1S/C22H29ClN2O3.ClH/c1-15-11-18(12-16(2)22(15)23)27-14-21(26)24-13-19(20-8-7-17(3)28-20)25-9-5-4-6-10-25;/h7-8,11-12,19H,4-6,9-10,13-14H2,1-3H3,(H,24,26);1H.